The predicted molar refractivity (Wildman–Crippen MR) is 87.3 cm³/mol. The molecular weight excluding hydrogens is 308 g/mol. The Kier molecular flexibility index (Phi) is 4.64. The first-order valence-corrected chi connectivity index (χ1v) is 8.07. The second-order valence-electron chi connectivity index (χ2n) is 6.05. The van der Waals surface area contributed by atoms with Gasteiger partial charge < -0.3 is 14.4 Å². The summed E-state index contributed by atoms with van der Waals surface area (Å²) in [6, 6.07) is 9.73. The normalized spacial score (nSPS) is 17.2. The van der Waals surface area contributed by atoms with E-state index in [0.717, 1.165) is 17.0 Å². The minimum Gasteiger partial charge on any atom is -0.481 e. The van der Waals surface area contributed by atoms with Crippen molar-refractivity contribution in [2.75, 3.05) is 13.1 Å². The molecule has 1 amide bonds. The highest BCUT2D eigenvalue weighted by Crippen LogP contribution is 2.25. The van der Waals surface area contributed by atoms with Crippen LogP contribution in [-0.2, 0) is 16.0 Å². The number of oxazole rings is 1. The lowest BCUT2D eigenvalue weighted by molar-refractivity contribution is -0.141. The average Bonchev–Trinajstić information content (AvgIpc) is 3.20. The van der Waals surface area contributed by atoms with E-state index < -0.39 is 11.9 Å². The maximum absolute atomic E-state index is 12.2. The van der Waals surface area contributed by atoms with Crippen LogP contribution in [0.2, 0.25) is 0 Å². The van der Waals surface area contributed by atoms with Gasteiger partial charge in [0, 0.05) is 31.5 Å². The van der Waals surface area contributed by atoms with Crippen LogP contribution in [0.5, 0.6) is 0 Å². The largest absolute Gasteiger partial charge is 0.481 e. The van der Waals surface area contributed by atoms with Crippen molar-refractivity contribution in [1.29, 1.82) is 0 Å². The molecule has 2 heterocycles. The Morgan fingerprint density at radius 2 is 2.08 bits per heavy atom. The van der Waals surface area contributed by atoms with Gasteiger partial charge in [0.2, 0.25) is 5.91 Å². The average molecular weight is 328 g/mol. The fraction of sp³-hybridized carbons (Fsp3) is 0.389. The topological polar surface area (TPSA) is 83.6 Å². The lowest BCUT2D eigenvalue weighted by Crippen LogP contribution is -2.30. The Morgan fingerprint density at radius 1 is 1.33 bits per heavy atom. The maximum atomic E-state index is 12.2. The summed E-state index contributed by atoms with van der Waals surface area (Å²) in [6.45, 7) is 2.69. The highest BCUT2D eigenvalue weighted by atomic mass is 16.4. The van der Waals surface area contributed by atoms with Crippen LogP contribution in [0.15, 0.2) is 34.7 Å². The van der Waals surface area contributed by atoms with Crippen molar-refractivity contribution in [2.24, 2.45) is 5.92 Å². The second kappa shape index (κ2) is 6.86. The summed E-state index contributed by atoms with van der Waals surface area (Å²) in [4.78, 5) is 29.2. The number of amides is 1. The molecule has 0 unspecified atom stereocenters. The number of hydrogen-bond acceptors (Lipinski definition) is 4. The van der Waals surface area contributed by atoms with E-state index >= 15 is 0 Å². The third-order valence-corrected chi connectivity index (χ3v) is 4.32. The van der Waals surface area contributed by atoms with E-state index in [-0.39, 0.29) is 12.3 Å². The zero-order valence-corrected chi connectivity index (χ0v) is 13.6. The van der Waals surface area contributed by atoms with E-state index in [0.29, 0.717) is 31.8 Å². The molecule has 0 radical (unpaired) electrons. The van der Waals surface area contributed by atoms with Crippen LogP contribution in [0.4, 0.5) is 0 Å². The van der Waals surface area contributed by atoms with E-state index in [9.17, 15) is 9.59 Å². The van der Waals surface area contributed by atoms with Gasteiger partial charge in [-0.15, -0.1) is 0 Å². The fourth-order valence-electron chi connectivity index (χ4n) is 2.98. The van der Waals surface area contributed by atoms with Gasteiger partial charge in [-0.05, 0) is 13.3 Å². The van der Waals surface area contributed by atoms with Crippen LogP contribution in [-0.4, -0.2) is 40.0 Å². The van der Waals surface area contributed by atoms with Crippen LogP contribution in [0.1, 0.15) is 24.4 Å². The van der Waals surface area contributed by atoms with Crippen molar-refractivity contribution in [3.8, 4) is 11.3 Å². The maximum Gasteiger partial charge on any atom is 0.308 e. The number of carboxylic acid groups (broad SMARTS) is 1. The summed E-state index contributed by atoms with van der Waals surface area (Å²) < 4.78 is 5.80. The van der Waals surface area contributed by atoms with E-state index in [1.807, 2.05) is 37.3 Å². The highest BCUT2D eigenvalue weighted by Gasteiger charge is 2.30. The number of aromatic nitrogens is 1. The summed E-state index contributed by atoms with van der Waals surface area (Å²) in [5.74, 6) is -0.0570. The molecular formula is C18H20N2O4. The number of rotatable bonds is 5. The number of carbonyl (C=O) groups excluding carboxylic acids is 1. The van der Waals surface area contributed by atoms with Crippen LogP contribution in [0.3, 0.4) is 0 Å². The van der Waals surface area contributed by atoms with Crippen molar-refractivity contribution in [2.45, 2.75) is 26.2 Å². The third kappa shape index (κ3) is 3.48. The molecule has 1 saturated heterocycles. The number of aryl methyl sites for hydroxylation is 2. The molecule has 0 saturated carbocycles. The third-order valence-electron chi connectivity index (χ3n) is 4.32. The summed E-state index contributed by atoms with van der Waals surface area (Å²) in [5, 5.41) is 9.00. The van der Waals surface area contributed by atoms with E-state index in [2.05, 4.69) is 4.98 Å². The molecule has 126 valence electrons. The van der Waals surface area contributed by atoms with Gasteiger partial charge in [-0.2, -0.15) is 0 Å². The quantitative estimate of drug-likeness (QED) is 0.912. The summed E-state index contributed by atoms with van der Waals surface area (Å²) >= 11 is 0. The number of aliphatic carboxylic acids is 1. The molecule has 0 spiro atoms. The Labute approximate surface area is 140 Å². The minimum absolute atomic E-state index is 0.0455. The first kappa shape index (κ1) is 16.2. The van der Waals surface area contributed by atoms with Gasteiger partial charge in [0.1, 0.15) is 0 Å². The van der Waals surface area contributed by atoms with Gasteiger partial charge in [-0.1, -0.05) is 30.3 Å². The molecule has 2 aromatic rings. The molecule has 3 rings (SSSR count). The van der Waals surface area contributed by atoms with E-state index in [1.54, 1.807) is 4.90 Å². The smallest absolute Gasteiger partial charge is 0.308 e. The highest BCUT2D eigenvalue weighted by molar-refractivity contribution is 5.78. The van der Waals surface area contributed by atoms with Crippen LogP contribution in [0.25, 0.3) is 11.3 Å². The molecule has 1 aromatic heterocycles. The molecule has 1 aliphatic heterocycles. The number of nitrogens with zero attached hydrogens (tertiary/aromatic N) is 2. The van der Waals surface area contributed by atoms with Crippen LogP contribution < -0.4 is 0 Å². The van der Waals surface area contributed by atoms with Crippen molar-refractivity contribution < 1.29 is 19.1 Å². The number of likely N-dealkylation sites (tertiary alicyclic amines) is 1. The SMILES string of the molecule is Cc1nc(CCC(=O)N2CC[C@H](C(=O)O)C2)oc1-c1ccccc1. The number of benzene rings is 1. The summed E-state index contributed by atoms with van der Waals surface area (Å²) in [6.07, 6.45) is 1.22. The molecule has 1 N–H and O–H groups in total. The fourth-order valence-corrected chi connectivity index (χ4v) is 2.98. The Balaban J connectivity index is 1.60. The molecule has 1 atom stereocenters. The summed E-state index contributed by atoms with van der Waals surface area (Å²) in [7, 11) is 0. The number of carbonyl (C=O) groups is 2. The van der Waals surface area contributed by atoms with Crippen LogP contribution >= 0.6 is 0 Å². The van der Waals surface area contributed by atoms with Crippen molar-refractivity contribution in [1.82, 2.24) is 9.88 Å². The Bertz CT molecular complexity index is 739. The molecule has 6 nitrogen and oxygen atoms in total. The molecule has 6 heteroatoms. The van der Waals surface area contributed by atoms with Crippen molar-refractivity contribution in [3.05, 3.63) is 41.9 Å². The second-order valence-corrected chi connectivity index (χ2v) is 6.05. The molecule has 0 aliphatic carbocycles. The van der Waals surface area contributed by atoms with Gasteiger partial charge in [-0.3, -0.25) is 9.59 Å². The first-order valence-electron chi connectivity index (χ1n) is 8.07. The zero-order valence-electron chi connectivity index (χ0n) is 13.6. The minimum atomic E-state index is -0.832. The van der Waals surface area contributed by atoms with E-state index in [1.165, 1.54) is 0 Å². The zero-order chi connectivity index (χ0) is 17.1. The Morgan fingerprint density at radius 3 is 2.75 bits per heavy atom. The lowest BCUT2D eigenvalue weighted by atomic mass is 10.1. The number of hydrogen-bond donors (Lipinski definition) is 1. The lowest BCUT2D eigenvalue weighted by Gasteiger charge is -2.14. The molecule has 1 aromatic carbocycles. The predicted octanol–water partition coefficient (Wildman–Crippen LogP) is 2.52. The van der Waals surface area contributed by atoms with Gasteiger partial charge >= 0.3 is 5.97 Å². The number of carboxylic acids is 1. The molecule has 24 heavy (non-hydrogen) atoms. The molecule has 1 aliphatic rings. The monoisotopic (exact) mass is 328 g/mol. The van der Waals surface area contributed by atoms with Crippen LogP contribution in [0, 0.1) is 12.8 Å². The molecule has 1 fully saturated rings. The Hall–Kier alpha value is -2.63. The van der Waals surface area contributed by atoms with Gasteiger partial charge in [0.15, 0.2) is 11.7 Å². The van der Waals surface area contributed by atoms with Gasteiger partial charge in [0.25, 0.3) is 0 Å². The van der Waals surface area contributed by atoms with Crippen molar-refractivity contribution >= 4 is 11.9 Å². The first-order chi connectivity index (χ1) is 11.5. The standard InChI is InChI=1S/C18H20N2O4/c1-12-17(13-5-3-2-4-6-13)24-15(19-12)7-8-16(21)20-10-9-14(11-20)18(22)23/h2-6,14H,7-11H2,1H3,(H,22,23)/t14-/m0/s1. The molecule has 0 bridgehead atoms. The van der Waals surface area contributed by atoms with Gasteiger partial charge in [0.05, 0.1) is 11.6 Å². The van der Waals surface area contributed by atoms with E-state index in [4.69, 9.17) is 9.52 Å². The summed E-state index contributed by atoms with van der Waals surface area (Å²) in [5.41, 5.74) is 1.76. The van der Waals surface area contributed by atoms with Gasteiger partial charge in [-0.25, -0.2) is 4.98 Å². The van der Waals surface area contributed by atoms with Crippen molar-refractivity contribution in [3.63, 3.8) is 0 Å².